The van der Waals surface area contributed by atoms with Crippen molar-refractivity contribution < 1.29 is 19.1 Å². The minimum atomic E-state index is -0.889. The normalized spacial score (nSPS) is 18.1. The van der Waals surface area contributed by atoms with Gasteiger partial charge in [0.1, 0.15) is 5.57 Å². The summed E-state index contributed by atoms with van der Waals surface area (Å²) in [5.41, 5.74) is 0.739. The molecule has 2 aliphatic rings. The number of Topliss-reactive ketones (excluding diaryl/α,β-unsaturated/α-hetero) is 1. The summed E-state index contributed by atoms with van der Waals surface area (Å²) in [6, 6.07) is 8.87. The van der Waals surface area contributed by atoms with Crippen LogP contribution in [0.15, 0.2) is 54.5 Å². The zero-order chi connectivity index (χ0) is 21.8. The molecule has 2 aliphatic heterocycles. The first kappa shape index (κ1) is 21.1. The van der Waals surface area contributed by atoms with E-state index in [1.54, 1.807) is 18.2 Å². The Bertz CT molecular complexity index is 1010. The van der Waals surface area contributed by atoms with E-state index in [1.165, 1.54) is 18.6 Å². The van der Waals surface area contributed by atoms with E-state index in [-0.39, 0.29) is 24.1 Å². The quantitative estimate of drug-likeness (QED) is 0.529. The number of anilines is 1. The van der Waals surface area contributed by atoms with Crippen molar-refractivity contribution in [2.45, 2.75) is 6.04 Å². The lowest BCUT2D eigenvalue weighted by molar-refractivity contribution is -0.134. The van der Waals surface area contributed by atoms with Crippen molar-refractivity contribution in [2.24, 2.45) is 0 Å². The maximum atomic E-state index is 12.8. The SMILES string of the molecule is O=C(NCC(c1ccc(Cl)cc1)N1CCOCC1)C1=CN(c2ncccn2)C(=O)C1=O. The van der Waals surface area contributed by atoms with Gasteiger partial charge in [0.05, 0.1) is 19.3 Å². The zero-order valence-electron chi connectivity index (χ0n) is 16.5. The lowest BCUT2D eigenvalue weighted by Crippen LogP contribution is -2.44. The summed E-state index contributed by atoms with van der Waals surface area (Å²) in [7, 11) is 0. The number of nitrogens with zero attached hydrogens (tertiary/aromatic N) is 4. The molecule has 1 fully saturated rings. The minimum Gasteiger partial charge on any atom is -0.379 e. The van der Waals surface area contributed by atoms with Crippen LogP contribution in [0.5, 0.6) is 0 Å². The number of halogens is 1. The number of ether oxygens (including phenoxy) is 1. The summed E-state index contributed by atoms with van der Waals surface area (Å²) in [5.74, 6) is -2.34. The van der Waals surface area contributed by atoms with Crippen molar-refractivity contribution >= 4 is 35.1 Å². The number of carbonyl (C=O) groups excluding carboxylic acids is 3. The van der Waals surface area contributed by atoms with Crippen molar-refractivity contribution in [3.8, 4) is 0 Å². The molecule has 4 rings (SSSR count). The molecule has 9 nitrogen and oxygen atoms in total. The molecule has 31 heavy (non-hydrogen) atoms. The average molecular weight is 442 g/mol. The van der Waals surface area contributed by atoms with Crippen molar-refractivity contribution in [3.63, 3.8) is 0 Å². The van der Waals surface area contributed by atoms with Gasteiger partial charge < -0.3 is 10.1 Å². The first-order valence-corrected chi connectivity index (χ1v) is 10.1. The van der Waals surface area contributed by atoms with Crippen LogP contribution in [-0.4, -0.2) is 65.3 Å². The Kier molecular flexibility index (Phi) is 6.36. The molecule has 10 heteroatoms. The predicted molar refractivity (Wildman–Crippen MR) is 112 cm³/mol. The van der Waals surface area contributed by atoms with Gasteiger partial charge >= 0.3 is 5.91 Å². The maximum Gasteiger partial charge on any atom is 0.306 e. The van der Waals surface area contributed by atoms with Crippen molar-refractivity contribution in [1.29, 1.82) is 0 Å². The van der Waals surface area contributed by atoms with Crippen LogP contribution in [0.4, 0.5) is 5.95 Å². The van der Waals surface area contributed by atoms with Gasteiger partial charge in [-0.05, 0) is 23.8 Å². The molecule has 0 bridgehead atoms. The van der Waals surface area contributed by atoms with Crippen LogP contribution >= 0.6 is 11.6 Å². The lowest BCUT2D eigenvalue weighted by atomic mass is 10.0. The lowest BCUT2D eigenvalue weighted by Gasteiger charge is -2.35. The van der Waals surface area contributed by atoms with Gasteiger partial charge in [0, 0.05) is 43.3 Å². The third kappa shape index (κ3) is 4.63. The molecule has 1 saturated heterocycles. The van der Waals surface area contributed by atoms with E-state index in [0.29, 0.717) is 31.3 Å². The molecule has 2 aromatic rings. The second-order valence-electron chi connectivity index (χ2n) is 7.02. The highest BCUT2D eigenvalue weighted by Gasteiger charge is 2.38. The van der Waals surface area contributed by atoms with Gasteiger partial charge in [-0.2, -0.15) is 0 Å². The molecule has 1 atom stereocenters. The largest absolute Gasteiger partial charge is 0.379 e. The fraction of sp³-hybridized carbons (Fsp3) is 0.286. The van der Waals surface area contributed by atoms with Gasteiger partial charge in [0.25, 0.3) is 11.7 Å². The Labute approximate surface area is 183 Å². The van der Waals surface area contributed by atoms with E-state index in [0.717, 1.165) is 10.5 Å². The fourth-order valence-electron chi connectivity index (χ4n) is 3.51. The van der Waals surface area contributed by atoms with Crippen LogP contribution in [0, 0.1) is 0 Å². The fourth-order valence-corrected chi connectivity index (χ4v) is 3.64. The molecule has 1 unspecified atom stereocenters. The number of hydrogen-bond donors (Lipinski definition) is 1. The molecule has 0 spiro atoms. The summed E-state index contributed by atoms with van der Waals surface area (Å²) < 4.78 is 5.43. The predicted octanol–water partition coefficient (Wildman–Crippen LogP) is 1.12. The van der Waals surface area contributed by atoms with E-state index in [4.69, 9.17) is 16.3 Å². The van der Waals surface area contributed by atoms with Crippen molar-refractivity contribution in [1.82, 2.24) is 20.2 Å². The van der Waals surface area contributed by atoms with Gasteiger partial charge in [-0.3, -0.25) is 19.3 Å². The van der Waals surface area contributed by atoms with Gasteiger partial charge in [-0.15, -0.1) is 0 Å². The molecule has 160 valence electrons. The van der Waals surface area contributed by atoms with E-state index in [1.807, 2.05) is 12.1 Å². The van der Waals surface area contributed by atoms with E-state index in [2.05, 4.69) is 20.2 Å². The Morgan fingerprint density at radius 2 is 1.81 bits per heavy atom. The van der Waals surface area contributed by atoms with Crippen LogP contribution in [-0.2, 0) is 19.1 Å². The molecular formula is C21H20ClN5O4. The number of ketones is 1. The minimum absolute atomic E-state index is 0.0380. The summed E-state index contributed by atoms with van der Waals surface area (Å²) in [4.78, 5) is 48.5. The monoisotopic (exact) mass is 441 g/mol. The summed E-state index contributed by atoms with van der Waals surface area (Å²) >= 11 is 6.01. The zero-order valence-corrected chi connectivity index (χ0v) is 17.3. The van der Waals surface area contributed by atoms with Gasteiger partial charge in [0.15, 0.2) is 0 Å². The number of aromatic nitrogens is 2. The highest BCUT2D eigenvalue weighted by Crippen LogP contribution is 2.24. The molecule has 1 N–H and O–H groups in total. The second-order valence-corrected chi connectivity index (χ2v) is 7.46. The second kappa shape index (κ2) is 9.34. The third-order valence-corrected chi connectivity index (χ3v) is 5.38. The van der Waals surface area contributed by atoms with Gasteiger partial charge in [-0.1, -0.05) is 23.7 Å². The number of rotatable bonds is 6. The molecule has 0 saturated carbocycles. The van der Waals surface area contributed by atoms with Crippen LogP contribution in [0.3, 0.4) is 0 Å². The summed E-state index contributed by atoms with van der Waals surface area (Å²) in [5, 5.41) is 3.42. The van der Waals surface area contributed by atoms with Gasteiger partial charge in [0.2, 0.25) is 5.95 Å². The average Bonchev–Trinajstić information content (AvgIpc) is 3.11. The van der Waals surface area contributed by atoms with Crippen LogP contribution in [0.25, 0.3) is 0 Å². The molecule has 1 aromatic carbocycles. The van der Waals surface area contributed by atoms with Gasteiger partial charge in [-0.25, -0.2) is 14.9 Å². The van der Waals surface area contributed by atoms with E-state index in [9.17, 15) is 14.4 Å². The van der Waals surface area contributed by atoms with Crippen LogP contribution < -0.4 is 10.2 Å². The molecule has 2 amide bonds. The molecule has 0 radical (unpaired) electrons. The van der Waals surface area contributed by atoms with E-state index < -0.39 is 17.6 Å². The smallest absolute Gasteiger partial charge is 0.306 e. The number of morpholine rings is 1. The number of hydrogen-bond acceptors (Lipinski definition) is 7. The van der Waals surface area contributed by atoms with Crippen LogP contribution in [0.2, 0.25) is 5.02 Å². The summed E-state index contributed by atoms with van der Waals surface area (Å²) in [6.07, 6.45) is 4.08. The Hall–Kier alpha value is -3.14. The first-order valence-electron chi connectivity index (χ1n) is 9.77. The number of benzene rings is 1. The van der Waals surface area contributed by atoms with Crippen molar-refractivity contribution in [2.75, 3.05) is 37.7 Å². The molecular weight excluding hydrogens is 422 g/mol. The number of nitrogens with one attached hydrogen (secondary N) is 1. The highest BCUT2D eigenvalue weighted by atomic mass is 35.5. The number of amides is 2. The molecule has 3 heterocycles. The molecule has 1 aromatic heterocycles. The standard InChI is InChI=1S/C21H20ClN5O4/c22-15-4-2-14(3-5-15)17(26-8-10-31-11-9-26)12-25-19(29)16-13-27(20(30)18(16)28)21-23-6-1-7-24-21/h1-7,13,17H,8-12H2,(H,25,29). The Balaban J connectivity index is 1.50. The first-order chi connectivity index (χ1) is 15.0. The topological polar surface area (TPSA) is 105 Å². The van der Waals surface area contributed by atoms with E-state index >= 15 is 0 Å². The number of carbonyl (C=O) groups is 3. The van der Waals surface area contributed by atoms with Crippen molar-refractivity contribution in [3.05, 3.63) is 65.1 Å². The Morgan fingerprint density at radius 3 is 2.48 bits per heavy atom. The maximum absolute atomic E-state index is 12.8. The molecule has 0 aliphatic carbocycles. The summed E-state index contributed by atoms with van der Waals surface area (Å²) in [6.45, 7) is 2.87. The highest BCUT2D eigenvalue weighted by molar-refractivity contribution is 6.55. The van der Waals surface area contributed by atoms with Crippen LogP contribution in [0.1, 0.15) is 11.6 Å². The third-order valence-electron chi connectivity index (χ3n) is 5.13. The Morgan fingerprint density at radius 1 is 1.13 bits per heavy atom.